The van der Waals surface area contributed by atoms with Gasteiger partial charge in [-0.3, -0.25) is 0 Å². The van der Waals surface area contributed by atoms with Crippen molar-refractivity contribution in [2.24, 2.45) is 5.92 Å². The summed E-state index contributed by atoms with van der Waals surface area (Å²) in [5.74, 6) is 0.932. The zero-order valence-corrected chi connectivity index (χ0v) is 13.8. The summed E-state index contributed by atoms with van der Waals surface area (Å²) in [6.07, 6.45) is 3.97. The Morgan fingerprint density at radius 2 is 1.90 bits per heavy atom. The first-order valence-corrected chi connectivity index (χ1v) is 8.54. The van der Waals surface area contributed by atoms with Crippen LogP contribution < -0.4 is 15.5 Å². The van der Waals surface area contributed by atoms with Gasteiger partial charge in [0.25, 0.3) is 0 Å². The molecule has 1 heterocycles. The van der Waals surface area contributed by atoms with E-state index in [4.69, 9.17) is 12.2 Å². The van der Waals surface area contributed by atoms with Crippen LogP contribution in [0.2, 0.25) is 0 Å². The summed E-state index contributed by atoms with van der Waals surface area (Å²) in [6, 6.07) is 10.3. The Kier molecular flexibility index (Phi) is 6.96. The van der Waals surface area contributed by atoms with Gasteiger partial charge in [-0.05, 0) is 36.5 Å². The Labute approximate surface area is 134 Å². The summed E-state index contributed by atoms with van der Waals surface area (Å²) in [5, 5.41) is 7.33. The SMILES string of the molecule is CC1CC[NH+](CCCNC(=S)NCc2ccccc2)CC1. The summed E-state index contributed by atoms with van der Waals surface area (Å²) in [6.45, 7) is 8.09. The van der Waals surface area contributed by atoms with Gasteiger partial charge in [-0.2, -0.15) is 0 Å². The second kappa shape index (κ2) is 9.00. The lowest BCUT2D eigenvalue weighted by Crippen LogP contribution is -3.13. The first kappa shape index (κ1) is 16.2. The van der Waals surface area contributed by atoms with Crippen LogP contribution in [0.15, 0.2) is 30.3 Å². The molecule has 0 amide bonds. The van der Waals surface area contributed by atoms with Crippen molar-refractivity contribution in [2.45, 2.75) is 32.7 Å². The Morgan fingerprint density at radius 1 is 1.19 bits per heavy atom. The van der Waals surface area contributed by atoms with E-state index in [1.54, 1.807) is 4.90 Å². The van der Waals surface area contributed by atoms with Crippen LogP contribution in [0.4, 0.5) is 0 Å². The Balaban J connectivity index is 1.51. The number of likely N-dealkylation sites (tertiary alicyclic amines) is 1. The Morgan fingerprint density at radius 3 is 2.62 bits per heavy atom. The molecule has 1 fully saturated rings. The maximum absolute atomic E-state index is 5.31. The van der Waals surface area contributed by atoms with Gasteiger partial charge in [0.1, 0.15) is 0 Å². The van der Waals surface area contributed by atoms with Crippen LogP contribution in [0.3, 0.4) is 0 Å². The molecule has 116 valence electrons. The highest BCUT2D eigenvalue weighted by Crippen LogP contribution is 2.06. The topological polar surface area (TPSA) is 28.5 Å². The van der Waals surface area contributed by atoms with Crippen molar-refractivity contribution in [1.82, 2.24) is 10.6 Å². The van der Waals surface area contributed by atoms with Crippen LogP contribution in [0.25, 0.3) is 0 Å². The van der Waals surface area contributed by atoms with E-state index in [9.17, 15) is 0 Å². The number of piperidine rings is 1. The van der Waals surface area contributed by atoms with Gasteiger partial charge >= 0.3 is 0 Å². The van der Waals surface area contributed by atoms with Crippen LogP contribution in [0.5, 0.6) is 0 Å². The van der Waals surface area contributed by atoms with Gasteiger partial charge in [0.15, 0.2) is 5.11 Å². The minimum Gasteiger partial charge on any atom is -0.363 e. The van der Waals surface area contributed by atoms with E-state index in [1.165, 1.54) is 44.5 Å². The highest BCUT2D eigenvalue weighted by Gasteiger charge is 2.17. The molecule has 0 atom stereocenters. The molecule has 0 aliphatic carbocycles. The van der Waals surface area contributed by atoms with Crippen molar-refractivity contribution in [3.63, 3.8) is 0 Å². The Hall–Kier alpha value is -1.13. The highest BCUT2D eigenvalue weighted by molar-refractivity contribution is 7.80. The minimum absolute atomic E-state index is 0.765. The fourth-order valence-electron chi connectivity index (χ4n) is 2.80. The van der Waals surface area contributed by atoms with Gasteiger partial charge < -0.3 is 15.5 Å². The third-order valence-corrected chi connectivity index (χ3v) is 4.56. The van der Waals surface area contributed by atoms with Gasteiger partial charge in [0.05, 0.1) is 19.6 Å². The predicted molar refractivity (Wildman–Crippen MR) is 92.5 cm³/mol. The van der Waals surface area contributed by atoms with E-state index in [2.05, 4.69) is 41.8 Å². The molecule has 1 saturated heterocycles. The van der Waals surface area contributed by atoms with Gasteiger partial charge in [0, 0.05) is 19.5 Å². The van der Waals surface area contributed by atoms with E-state index in [0.29, 0.717) is 0 Å². The lowest BCUT2D eigenvalue weighted by molar-refractivity contribution is -0.906. The largest absolute Gasteiger partial charge is 0.363 e. The Bertz CT molecular complexity index is 413. The number of hydrogen-bond donors (Lipinski definition) is 3. The van der Waals surface area contributed by atoms with E-state index in [-0.39, 0.29) is 0 Å². The lowest BCUT2D eigenvalue weighted by Gasteiger charge is -2.27. The highest BCUT2D eigenvalue weighted by atomic mass is 32.1. The van der Waals surface area contributed by atoms with Crippen molar-refractivity contribution in [3.05, 3.63) is 35.9 Å². The first-order valence-electron chi connectivity index (χ1n) is 8.13. The van der Waals surface area contributed by atoms with Crippen LogP contribution in [0.1, 0.15) is 31.7 Å². The normalized spacial score (nSPS) is 21.8. The molecule has 4 heteroatoms. The zero-order valence-electron chi connectivity index (χ0n) is 13.0. The van der Waals surface area contributed by atoms with Crippen molar-refractivity contribution < 1.29 is 4.90 Å². The predicted octanol–water partition coefficient (Wildman–Crippen LogP) is 1.36. The standard InChI is InChI=1S/C17H27N3S/c1-15-8-12-20(13-9-15)11-5-10-18-17(21)19-14-16-6-3-2-4-7-16/h2-4,6-7,15H,5,8-14H2,1H3,(H2,18,19,21)/p+1. The molecule has 1 aromatic carbocycles. The summed E-state index contributed by atoms with van der Waals surface area (Å²) >= 11 is 5.31. The summed E-state index contributed by atoms with van der Waals surface area (Å²) in [5.41, 5.74) is 1.26. The molecule has 0 aromatic heterocycles. The van der Waals surface area contributed by atoms with Crippen molar-refractivity contribution >= 4 is 17.3 Å². The number of thiocarbonyl (C=S) groups is 1. The number of quaternary nitrogens is 1. The van der Waals surface area contributed by atoms with Gasteiger partial charge in [0.2, 0.25) is 0 Å². The van der Waals surface area contributed by atoms with E-state index in [1.807, 2.05) is 6.07 Å². The van der Waals surface area contributed by atoms with Gasteiger partial charge in [-0.25, -0.2) is 0 Å². The molecular formula is C17H28N3S+. The van der Waals surface area contributed by atoms with Gasteiger partial charge in [-0.15, -0.1) is 0 Å². The van der Waals surface area contributed by atoms with Crippen LogP contribution >= 0.6 is 12.2 Å². The second-order valence-corrected chi connectivity index (χ2v) is 6.54. The van der Waals surface area contributed by atoms with E-state index < -0.39 is 0 Å². The molecule has 2 rings (SSSR count). The molecule has 1 aromatic rings. The smallest absolute Gasteiger partial charge is 0.166 e. The summed E-state index contributed by atoms with van der Waals surface area (Å²) in [7, 11) is 0. The molecule has 1 aliphatic rings. The molecule has 0 radical (unpaired) electrons. The molecule has 0 bridgehead atoms. The maximum Gasteiger partial charge on any atom is 0.166 e. The lowest BCUT2D eigenvalue weighted by atomic mass is 9.99. The molecule has 0 saturated carbocycles. The molecule has 3 nitrogen and oxygen atoms in total. The van der Waals surface area contributed by atoms with E-state index in [0.717, 1.165) is 24.1 Å². The average molecular weight is 306 g/mol. The first-order chi connectivity index (χ1) is 10.2. The fourth-order valence-corrected chi connectivity index (χ4v) is 2.98. The molecule has 1 aliphatic heterocycles. The number of rotatable bonds is 6. The van der Waals surface area contributed by atoms with Crippen LogP contribution in [-0.2, 0) is 6.54 Å². The molecular weight excluding hydrogens is 278 g/mol. The summed E-state index contributed by atoms with van der Waals surface area (Å²) < 4.78 is 0. The molecule has 21 heavy (non-hydrogen) atoms. The van der Waals surface area contributed by atoms with Gasteiger partial charge in [-0.1, -0.05) is 37.3 Å². The quantitative estimate of drug-likeness (QED) is 0.547. The average Bonchev–Trinajstić information content (AvgIpc) is 2.52. The third kappa shape index (κ3) is 6.44. The van der Waals surface area contributed by atoms with Crippen molar-refractivity contribution in [3.8, 4) is 0 Å². The van der Waals surface area contributed by atoms with Crippen LogP contribution in [0, 0.1) is 5.92 Å². The second-order valence-electron chi connectivity index (χ2n) is 6.13. The molecule has 0 unspecified atom stereocenters. The summed E-state index contributed by atoms with van der Waals surface area (Å²) in [4.78, 5) is 1.76. The zero-order chi connectivity index (χ0) is 14.9. The minimum atomic E-state index is 0.765. The third-order valence-electron chi connectivity index (χ3n) is 4.27. The number of benzene rings is 1. The number of nitrogens with one attached hydrogen (secondary N) is 3. The van der Waals surface area contributed by atoms with Crippen molar-refractivity contribution in [2.75, 3.05) is 26.2 Å². The molecule has 0 spiro atoms. The fraction of sp³-hybridized carbons (Fsp3) is 0.588. The van der Waals surface area contributed by atoms with Crippen LogP contribution in [-0.4, -0.2) is 31.3 Å². The number of hydrogen-bond acceptors (Lipinski definition) is 1. The monoisotopic (exact) mass is 306 g/mol. The maximum atomic E-state index is 5.31. The molecule has 3 N–H and O–H groups in total. The van der Waals surface area contributed by atoms with Crippen molar-refractivity contribution in [1.29, 1.82) is 0 Å². The van der Waals surface area contributed by atoms with E-state index >= 15 is 0 Å².